The van der Waals surface area contributed by atoms with E-state index in [4.69, 9.17) is 9.84 Å². The lowest BCUT2D eigenvalue weighted by molar-refractivity contribution is -0.141. The van der Waals surface area contributed by atoms with Gasteiger partial charge in [-0.1, -0.05) is 26.0 Å². The van der Waals surface area contributed by atoms with E-state index < -0.39 is 5.97 Å². The van der Waals surface area contributed by atoms with Crippen molar-refractivity contribution < 1.29 is 14.6 Å². The summed E-state index contributed by atoms with van der Waals surface area (Å²) in [5, 5.41) is 8.86. The normalized spacial score (nSPS) is 20.0. The first-order valence-corrected chi connectivity index (χ1v) is 5.56. The number of carboxylic acids is 1. The molecule has 0 bridgehead atoms. The van der Waals surface area contributed by atoms with Crippen LogP contribution in [0.5, 0.6) is 5.75 Å². The van der Waals surface area contributed by atoms with Crippen LogP contribution in [0.2, 0.25) is 0 Å². The third kappa shape index (κ3) is 2.03. The number of benzene rings is 1. The molecule has 0 radical (unpaired) electrons. The fourth-order valence-electron chi connectivity index (χ4n) is 1.99. The van der Waals surface area contributed by atoms with Crippen molar-refractivity contribution in [3.05, 3.63) is 29.3 Å². The molecular weight excluding hydrogens is 204 g/mol. The predicted molar refractivity (Wildman–Crippen MR) is 60.9 cm³/mol. The molecule has 0 fully saturated rings. The van der Waals surface area contributed by atoms with Gasteiger partial charge in [-0.15, -0.1) is 0 Å². The van der Waals surface area contributed by atoms with Gasteiger partial charge in [0, 0.05) is 11.5 Å². The van der Waals surface area contributed by atoms with Gasteiger partial charge in [0.15, 0.2) is 0 Å². The molecular formula is C13H16O3. The summed E-state index contributed by atoms with van der Waals surface area (Å²) in [4.78, 5) is 10.8. The molecule has 0 aliphatic carbocycles. The fourth-order valence-corrected chi connectivity index (χ4v) is 1.99. The molecule has 0 saturated carbocycles. The molecule has 3 heteroatoms. The van der Waals surface area contributed by atoms with Crippen LogP contribution >= 0.6 is 0 Å². The van der Waals surface area contributed by atoms with E-state index in [1.54, 1.807) is 6.92 Å². The zero-order valence-electron chi connectivity index (χ0n) is 9.56. The maximum absolute atomic E-state index is 10.8. The Bertz CT molecular complexity index is 412. The number of aliphatic carboxylic acids is 1. The van der Waals surface area contributed by atoms with Gasteiger partial charge in [-0.2, -0.15) is 0 Å². The van der Waals surface area contributed by atoms with Crippen LogP contribution in [0.1, 0.15) is 30.9 Å². The van der Waals surface area contributed by atoms with Gasteiger partial charge in [-0.25, -0.2) is 0 Å². The highest BCUT2D eigenvalue weighted by Gasteiger charge is 2.21. The second kappa shape index (κ2) is 4.16. The minimum Gasteiger partial charge on any atom is -0.493 e. The minimum absolute atomic E-state index is 0.337. The van der Waals surface area contributed by atoms with E-state index in [1.165, 1.54) is 5.56 Å². The third-order valence-corrected chi connectivity index (χ3v) is 3.06. The highest BCUT2D eigenvalue weighted by molar-refractivity contribution is 5.70. The topological polar surface area (TPSA) is 46.5 Å². The van der Waals surface area contributed by atoms with Crippen LogP contribution in [0.25, 0.3) is 0 Å². The first kappa shape index (κ1) is 11.0. The zero-order chi connectivity index (χ0) is 11.7. The van der Waals surface area contributed by atoms with Crippen molar-refractivity contribution >= 4 is 5.97 Å². The molecule has 2 atom stereocenters. The number of carbonyl (C=O) groups is 1. The van der Waals surface area contributed by atoms with E-state index >= 15 is 0 Å². The van der Waals surface area contributed by atoms with E-state index in [0.717, 1.165) is 17.9 Å². The monoisotopic (exact) mass is 220 g/mol. The molecule has 86 valence electrons. The Labute approximate surface area is 95.0 Å². The summed E-state index contributed by atoms with van der Waals surface area (Å²) in [7, 11) is 0. The van der Waals surface area contributed by atoms with Crippen molar-refractivity contribution in [2.45, 2.75) is 26.2 Å². The van der Waals surface area contributed by atoms with Gasteiger partial charge in [-0.3, -0.25) is 4.79 Å². The van der Waals surface area contributed by atoms with Crippen molar-refractivity contribution in [2.75, 3.05) is 6.61 Å². The molecule has 0 amide bonds. The molecule has 1 aliphatic heterocycles. The molecule has 0 spiro atoms. The summed E-state index contributed by atoms with van der Waals surface area (Å²) in [5.74, 6) is 0.273. The molecule has 0 aromatic heterocycles. The minimum atomic E-state index is -0.746. The Balaban J connectivity index is 2.18. The Hall–Kier alpha value is -1.51. The third-order valence-electron chi connectivity index (χ3n) is 3.06. The summed E-state index contributed by atoms with van der Waals surface area (Å²) >= 11 is 0. The van der Waals surface area contributed by atoms with Gasteiger partial charge < -0.3 is 9.84 Å². The number of carboxylic acid groups (broad SMARTS) is 1. The molecule has 16 heavy (non-hydrogen) atoms. The lowest BCUT2D eigenvalue weighted by Crippen LogP contribution is -2.12. The zero-order valence-corrected chi connectivity index (χ0v) is 9.56. The first-order valence-electron chi connectivity index (χ1n) is 5.56. The summed E-state index contributed by atoms with van der Waals surface area (Å²) in [6.45, 7) is 4.58. The van der Waals surface area contributed by atoms with Gasteiger partial charge in [0.05, 0.1) is 12.5 Å². The molecule has 1 N–H and O–H groups in total. The Morgan fingerprint density at radius 1 is 1.62 bits per heavy atom. The van der Waals surface area contributed by atoms with Crippen molar-refractivity contribution in [1.29, 1.82) is 0 Å². The second-order valence-electron chi connectivity index (χ2n) is 4.53. The van der Waals surface area contributed by atoms with Crippen LogP contribution in [0, 0.1) is 5.92 Å². The van der Waals surface area contributed by atoms with Crippen LogP contribution in [0.15, 0.2) is 18.2 Å². The molecule has 1 heterocycles. The smallest absolute Gasteiger partial charge is 0.306 e. The molecule has 3 nitrogen and oxygen atoms in total. The average molecular weight is 220 g/mol. The van der Waals surface area contributed by atoms with Crippen LogP contribution < -0.4 is 4.74 Å². The molecule has 1 aliphatic rings. The number of fused-ring (bicyclic) bond motifs is 1. The fraction of sp³-hybridized carbons (Fsp3) is 0.462. The maximum atomic E-state index is 10.8. The summed E-state index contributed by atoms with van der Waals surface area (Å²) in [6, 6.07) is 5.98. The Kier molecular flexibility index (Phi) is 2.86. The van der Waals surface area contributed by atoms with E-state index in [-0.39, 0.29) is 5.92 Å². The average Bonchev–Trinajstić information content (AvgIpc) is 2.60. The van der Waals surface area contributed by atoms with Gasteiger partial charge in [-0.05, 0) is 18.1 Å². The van der Waals surface area contributed by atoms with Crippen LogP contribution in [0.4, 0.5) is 0 Å². The highest BCUT2D eigenvalue weighted by atomic mass is 16.5. The van der Waals surface area contributed by atoms with E-state index in [9.17, 15) is 4.79 Å². The predicted octanol–water partition coefficient (Wildman–Crippen LogP) is 2.45. The second-order valence-corrected chi connectivity index (χ2v) is 4.53. The van der Waals surface area contributed by atoms with Crippen molar-refractivity contribution in [1.82, 2.24) is 0 Å². The largest absolute Gasteiger partial charge is 0.493 e. The molecule has 2 unspecified atom stereocenters. The van der Waals surface area contributed by atoms with Crippen molar-refractivity contribution in [3.8, 4) is 5.75 Å². The van der Waals surface area contributed by atoms with E-state index in [2.05, 4.69) is 13.0 Å². The number of ether oxygens (including phenoxy) is 1. The quantitative estimate of drug-likeness (QED) is 0.851. The van der Waals surface area contributed by atoms with Gasteiger partial charge in [0.2, 0.25) is 0 Å². The van der Waals surface area contributed by atoms with Crippen LogP contribution in [-0.2, 0) is 11.2 Å². The van der Waals surface area contributed by atoms with Gasteiger partial charge in [0.25, 0.3) is 0 Å². The van der Waals surface area contributed by atoms with Crippen molar-refractivity contribution in [3.63, 3.8) is 0 Å². The van der Waals surface area contributed by atoms with E-state index in [0.29, 0.717) is 12.3 Å². The summed E-state index contributed by atoms with van der Waals surface area (Å²) < 4.78 is 5.50. The lowest BCUT2D eigenvalue weighted by atomic mass is 9.96. The SMILES string of the molecule is CC(Cc1ccc2c(c1)C(C)CO2)C(=O)O. The van der Waals surface area contributed by atoms with Crippen LogP contribution in [-0.4, -0.2) is 17.7 Å². The number of hydrogen-bond donors (Lipinski definition) is 1. The number of rotatable bonds is 3. The molecule has 2 rings (SSSR count). The highest BCUT2D eigenvalue weighted by Crippen LogP contribution is 2.34. The van der Waals surface area contributed by atoms with Crippen molar-refractivity contribution in [2.24, 2.45) is 5.92 Å². The Morgan fingerprint density at radius 2 is 2.38 bits per heavy atom. The molecule has 0 saturated heterocycles. The lowest BCUT2D eigenvalue weighted by Gasteiger charge is -2.08. The number of hydrogen-bond acceptors (Lipinski definition) is 2. The standard InChI is InChI=1S/C13H16O3/c1-8(13(14)15)5-10-3-4-12-11(6-10)9(2)7-16-12/h3-4,6,8-9H,5,7H2,1-2H3,(H,14,15). The molecule has 1 aromatic rings. The van der Waals surface area contributed by atoms with Gasteiger partial charge >= 0.3 is 5.97 Å². The summed E-state index contributed by atoms with van der Waals surface area (Å²) in [6.07, 6.45) is 0.579. The maximum Gasteiger partial charge on any atom is 0.306 e. The Morgan fingerprint density at radius 3 is 3.06 bits per heavy atom. The van der Waals surface area contributed by atoms with Crippen LogP contribution in [0.3, 0.4) is 0 Å². The first-order chi connectivity index (χ1) is 7.58. The van der Waals surface area contributed by atoms with Gasteiger partial charge in [0.1, 0.15) is 5.75 Å². The molecule has 1 aromatic carbocycles. The van der Waals surface area contributed by atoms with E-state index in [1.807, 2.05) is 12.1 Å². The summed E-state index contributed by atoms with van der Waals surface area (Å²) in [5.41, 5.74) is 2.28.